The molecule has 0 bridgehead atoms. The van der Waals surface area contributed by atoms with E-state index in [0.717, 1.165) is 5.56 Å². The maximum Gasteiger partial charge on any atom is 0.255 e. The van der Waals surface area contributed by atoms with Crippen LogP contribution in [0.3, 0.4) is 0 Å². The Kier molecular flexibility index (Phi) is 6.36. The van der Waals surface area contributed by atoms with E-state index in [1.807, 2.05) is 6.07 Å². The van der Waals surface area contributed by atoms with E-state index < -0.39 is 58.0 Å². The summed E-state index contributed by atoms with van der Waals surface area (Å²) in [5, 5.41) is 33.4. The van der Waals surface area contributed by atoms with Crippen LogP contribution < -0.4 is 10.5 Å². The lowest BCUT2D eigenvalue weighted by molar-refractivity contribution is -0.148. The Labute approximate surface area is 196 Å². The van der Waals surface area contributed by atoms with Gasteiger partial charge in [0, 0.05) is 11.5 Å². The fraction of sp³-hybridized carbons (Fsp3) is 0.435. The number of aliphatic hydroxyl groups is 3. The molecule has 178 valence electrons. The summed E-state index contributed by atoms with van der Waals surface area (Å²) in [6.07, 6.45) is 0.514. The van der Waals surface area contributed by atoms with Crippen LogP contribution in [0.2, 0.25) is 0 Å². The van der Waals surface area contributed by atoms with Gasteiger partial charge in [0.1, 0.15) is 22.8 Å². The van der Waals surface area contributed by atoms with Crippen molar-refractivity contribution >= 4 is 29.9 Å². The zero-order chi connectivity index (χ0) is 23.5. The van der Waals surface area contributed by atoms with Crippen molar-refractivity contribution in [3.05, 3.63) is 52.0 Å². The van der Waals surface area contributed by atoms with Crippen molar-refractivity contribution < 1.29 is 34.4 Å². The number of aliphatic hydroxyl groups excluding tert-OH is 2. The molecule has 0 fully saturated rings. The number of fused-ring (bicyclic) bond motifs is 3. The summed E-state index contributed by atoms with van der Waals surface area (Å²) >= 11 is 0. The number of hydrogen-bond acceptors (Lipinski definition) is 8. The van der Waals surface area contributed by atoms with E-state index in [2.05, 4.69) is 0 Å². The molecule has 9 nitrogen and oxygen atoms in total. The number of amides is 1. The second-order valence-electron chi connectivity index (χ2n) is 8.69. The highest BCUT2D eigenvalue weighted by atomic mass is 35.5. The summed E-state index contributed by atoms with van der Waals surface area (Å²) in [7, 11) is 3.23. The average Bonchev–Trinajstić information content (AvgIpc) is 2.70. The molecule has 0 radical (unpaired) electrons. The molecule has 0 heterocycles. The normalized spacial score (nSPS) is 28.7. The van der Waals surface area contributed by atoms with Crippen molar-refractivity contribution in [1.29, 1.82) is 0 Å². The summed E-state index contributed by atoms with van der Waals surface area (Å²) in [5.74, 6) is -5.40. The predicted molar refractivity (Wildman–Crippen MR) is 120 cm³/mol. The predicted octanol–water partition coefficient (Wildman–Crippen LogP) is 1.24. The highest BCUT2D eigenvalue weighted by Crippen LogP contribution is 2.52. The number of halogens is 1. The van der Waals surface area contributed by atoms with Crippen molar-refractivity contribution in [2.75, 3.05) is 20.7 Å². The van der Waals surface area contributed by atoms with Crippen LogP contribution in [0.25, 0.3) is 0 Å². The van der Waals surface area contributed by atoms with E-state index in [4.69, 9.17) is 10.5 Å². The maximum atomic E-state index is 13.5. The number of carbonyl (C=O) groups is 3. The van der Waals surface area contributed by atoms with E-state index >= 15 is 0 Å². The average molecular weight is 479 g/mol. The molecule has 3 aliphatic rings. The van der Waals surface area contributed by atoms with Crippen molar-refractivity contribution in [2.45, 2.75) is 31.4 Å². The zero-order valence-electron chi connectivity index (χ0n) is 18.5. The zero-order valence-corrected chi connectivity index (χ0v) is 19.3. The number of nitrogens with zero attached hydrogens (tertiary/aromatic N) is 1. The highest BCUT2D eigenvalue weighted by molar-refractivity contribution is 6.24. The first-order chi connectivity index (χ1) is 15.0. The van der Waals surface area contributed by atoms with Crippen LogP contribution in [0.4, 0.5) is 0 Å². The van der Waals surface area contributed by atoms with Gasteiger partial charge in [0.05, 0.1) is 18.2 Å². The number of ether oxygens (including phenoxy) is 1. The van der Waals surface area contributed by atoms with Gasteiger partial charge in [0.15, 0.2) is 11.4 Å². The van der Waals surface area contributed by atoms with Gasteiger partial charge in [0.2, 0.25) is 5.78 Å². The van der Waals surface area contributed by atoms with Crippen LogP contribution in [-0.2, 0) is 16.0 Å². The molecule has 0 saturated heterocycles. The van der Waals surface area contributed by atoms with Crippen LogP contribution in [-0.4, -0.2) is 70.0 Å². The third kappa shape index (κ3) is 3.34. The Morgan fingerprint density at radius 2 is 1.94 bits per heavy atom. The van der Waals surface area contributed by atoms with Crippen molar-refractivity contribution in [2.24, 2.45) is 17.6 Å². The van der Waals surface area contributed by atoms with Gasteiger partial charge < -0.3 is 25.8 Å². The minimum absolute atomic E-state index is 0. The molecular weight excluding hydrogens is 452 g/mol. The van der Waals surface area contributed by atoms with Crippen LogP contribution in [0.5, 0.6) is 5.75 Å². The summed E-state index contributed by atoms with van der Waals surface area (Å²) in [4.78, 5) is 40.2. The molecule has 1 amide bonds. The lowest BCUT2D eigenvalue weighted by Gasteiger charge is -2.50. The molecule has 0 aliphatic heterocycles. The lowest BCUT2D eigenvalue weighted by atomic mass is 9.58. The van der Waals surface area contributed by atoms with Crippen LogP contribution in [0.15, 0.2) is 40.9 Å². The van der Waals surface area contributed by atoms with Gasteiger partial charge in [-0.25, -0.2) is 0 Å². The Bertz CT molecular complexity index is 1110. The summed E-state index contributed by atoms with van der Waals surface area (Å²) in [5.41, 5.74) is 2.95. The molecule has 0 spiro atoms. The molecule has 3 aliphatic carbocycles. The minimum Gasteiger partial charge on any atom is -0.510 e. The molecule has 1 aromatic rings. The number of benzene rings is 1. The number of hydrogen-bond donors (Lipinski definition) is 4. The van der Waals surface area contributed by atoms with Gasteiger partial charge in [-0.1, -0.05) is 12.1 Å². The number of Topliss-reactive ketones (excluding diaryl/α,β-unsaturated/α-hetero) is 2. The third-order valence-electron chi connectivity index (χ3n) is 6.74. The minimum atomic E-state index is -2.56. The molecule has 33 heavy (non-hydrogen) atoms. The first kappa shape index (κ1) is 24.8. The second kappa shape index (κ2) is 8.48. The van der Waals surface area contributed by atoms with Gasteiger partial charge in [-0.2, -0.15) is 0 Å². The van der Waals surface area contributed by atoms with E-state index in [1.54, 1.807) is 38.1 Å². The molecule has 1 aromatic carbocycles. The van der Waals surface area contributed by atoms with E-state index in [1.165, 1.54) is 0 Å². The van der Waals surface area contributed by atoms with Gasteiger partial charge in [-0.15, -0.1) is 12.4 Å². The van der Waals surface area contributed by atoms with Gasteiger partial charge >= 0.3 is 0 Å². The highest BCUT2D eigenvalue weighted by Gasteiger charge is 2.63. The lowest BCUT2D eigenvalue weighted by Crippen LogP contribution is -2.63. The SMILES string of the molecule is CCOc1cccc2c1C(=O)C1=C(O)C3(O)C(=O)C(C(N)=O)=C(O)C(N(C)C)C3CC1C2.Cl. The topological polar surface area (TPSA) is 150 Å². The van der Waals surface area contributed by atoms with Gasteiger partial charge in [-0.05, 0) is 51.4 Å². The van der Waals surface area contributed by atoms with Crippen molar-refractivity contribution in [3.63, 3.8) is 0 Å². The molecule has 4 rings (SSSR count). The van der Waals surface area contributed by atoms with Crippen LogP contribution >= 0.6 is 12.4 Å². The van der Waals surface area contributed by atoms with Crippen molar-refractivity contribution in [1.82, 2.24) is 4.90 Å². The number of rotatable bonds is 4. The Hall–Kier alpha value is -2.88. The van der Waals surface area contributed by atoms with E-state index in [0.29, 0.717) is 18.8 Å². The molecular formula is C23H27ClN2O7. The molecule has 5 N–H and O–H groups in total. The largest absolute Gasteiger partial charge is 0.510 e. The molecule has 0 aromatic heterocycles. The first-order valence-electron chi connectivity index (χ1n) is 10.4. The quantitative estimate of drug-likeness (QED) is 0.472. The number of likely N-dealkylation sites (N-methyl/N-ethyl adjacent to an activating group) is 1. The number of nitrogens with two attached hydrogens (primary N) is 1. The van der Waals surface area contributed by atoms with Crippen LogP contribution in [0, 0.1) is 11.8 Å². The van der Waals surface area contributed by atoms with Gasteiger partial charge in [0.25, 0.3) is 5.91 Å². The summed E-state index contributed by atoms with van der Waals surface area (Å²) in [6, 6.07) is 4.28. The Morgan fingerprint density at radius 1 is 1.27 bits per heavy atom. The van der Waals surface area contributed by atoms with Crippen LogP contribution in [0.1, 0.15) is 29.3 Å². The number of carbonyl (C=O) groups excluding carboxylic acids is 3. The van der Waals surface area contributed by atoms with E-state index in [9.17, 15) is 29.7 Å². The van der Waals surface area contributed by atoms with Crippen molar-refractivity contribution in [3.8, 4) is 5.75 Å². The first-order valence-corrected chi connectivity index (χ1v) is 10.4. The number of ketones is 2. The standard InChI is InChI=1S/C23H26N2O7.ClH/c1-4-32-13-7-5-6-10-8-11-9-12-17(25(2)3)19(27)16(22(24)30)21(29)23(12,31)20(28)15(11)18(26)14(10)13;/h5-7,11-12,17,27-28,31H,4,8-9H2,1-3H3,(H2,24,30);1H. The maximum absolute atomic E-state index is 13.5. The Morgan fingerprint density at radius 3 is 2.52 bits per heavy atom. The smallest absolute Gasteiger partial charge is 0.255 e. The van der Waals surface area contributed by atoms with Gasteiger partial charge in [-0.3, -0.25) is 19.3 Å². The molecule has 4 unspecified atom stereocenters. The Balaban J connectivity index is 0.00000306. The van der Waals surface area contributed by atoms with E-state index in [-0.39, 0.29) is 30.0 Å². The monoisotopic (exact) mass is 478 g/mol. The molecule has 0 saturated carbocycles. The summed E-state index contributed by atoms with van der Waals surface area (Å²) in [6.45, 7) is 2.12. The second-order valence-corrected chi connectivity index (χ2v) is 8.69. The summed E-state index contributed by atoms with van der Waals surface area (Å²) < 4.78 is 5.59. The fourth-order valence-corrected chi connectivity index (χ4v) is 5.45. The number of allylic oxidation sites excluding steroid dienone is 1. The molecule has 10 heteroatoms. The fourth-order valence-electron chi connectivity index (χ4n) is 5.45. The third-order valence-corrected chi connectivity index (χ3v) is 6.74. The molecule has 4 atom stereocenters. The number of primary amides is 1.